The standard InChI is InChI=1S/C15H17N3OS/c1-10-17-14(9-20-10)11-3-2-4-13(7-11)18-15(19)12-5-6-16-8-12/h2-4,7,9,12,16H,5-6,8H2,1H3,(H,18,19). The minimum atomic E-state index is 0.0835. The van der Waals surface area contributed by atoms with Crippen molar-refractivity contribution < 1.29 is 4.79 Å². The predicted molar refractivity (Wildman–Crippen MR) is 81.9 cm³/mol. The van der Waals surface area contributed by atoms with Gasteiger partial charge >= 0.3 is 0 Å². The number of hydrogen-bond donors (Lipinski definition) is 2. The lowest BCUT2D eigenvalue weighted by atomic mass is 10.1. The summed E-state index contributed by atoms with van der Waals surface area (Å²) < 4.78 is 0. The molecule has 5 heteroatoms. The smallest absolute Gasteiger partial charge is 0.228 e. The molecule has 0 bridgehead atoms. The molecule has 1 fully saturated rings. The topological polar surface area (TPSA) is 54.0 Å². The van der Waals surface area contributed by atoms with E-state index < -0.39 is 0 Å². The Balaban J connectivity index is 1.75. The summed E-state index contributed by atoms with van der Waals surface area (Å²) in [4.78, 5) is 16.6. The maximum Gasteiger partial charge on any atom is 0.228 e. The molecule has 0 spiro atoms. The molecule has 1 aliphatic heterocycles. The number of hydrogen-bond acceptors (Lipinski definition) is 4. The molecule has 1 aliphatic rings. The van der Waals surface area contributed by atoms with Crippen LogP contribution in [0.15, 0.2) is 29.6 Å². The Labute approximate surface area is 122 Å². The van der Waals surface area contributed by atoms with E-state index in [0.717, 1.165) is 41.5 Å². The molecule has 20 heavy (non-hydrogen) atoms. The Bertz CT molecular complexity index is 617. The quantitative estimate of drug-likeness (QED) is 0.912. The van der Waals surface area contributed by atoms with Gasteiger partial charge in [0.15, 0.2) is 0 Å². The molecule has 1 atom stereocenters. The van der Waals surface area contributed by atoms with Gasteiger partial charge in [0.25, 0.3) is 0 Å². The SMILES string of the molecule is Cc1nc(-c2cccc(NC(=O)C3CCNC3)c2)cs1. The van der Waals surface area contributed by atoms with Gasteiger partial charge in [0, 0.05) is 23.2 Å². The fraction of sp³-hybridized carbons (Fsp3) is 0.333. The first-order valence-electron chi connectivity index (χ1n) is 6.76. The van der Waals surface area contributed by atoms with Crippen molar-refractivity contribution in [2.45, 2.75) is 13.3 Å². The zero-order valence-corrected chi connectivity index (χ0v) is 12.2. The number of aryl methyl sites for hydroxylation is 1. The van der Waals surface area contributed by atoms with Crippen LogP contribution in [-0.2, 0) is 4.79 Å². The summed E-state index contributed by atoms with van der Waals surface area (Å²) in [6.07, 6.45) is 0.913. The second kappa shape index (κ2) is 5.73. The fourth-order valence-corrected chi connectivity index (χ4v) is 3.00. The Morgan fingerprint density at radius 3 is 3.10 bits per heavy atom. The van der Waals surface area contributed by atoms with Crippen molar-refractivity contribution in [3.8, 4) is 11.3 Å². The van der Waals surface area contributed by atoms with Gasteiger partial charge in [-0.15, -0.1) is 11.3 Å². The second-order valence-electron chi connectivity index (χ2n) is 5.01. The minimum absolute atomic E-state index is 0.0835. The van der Waals surface area contributed by atoms with Gasteiger partial charge in [-0.1, -0.05) is 12.1 Å². The van der Waals surface area contributed by atoms with Gasteiger partial charge in [-0.25, -0.2) is 4.98 Å². The van der Waals surface area contributed by atoms with Crippen LogP contribution in [0.25, 0.3) is 11.3 Å². The third-order valence-corrected chi connectivity index (χ3v) is 4.25. The molecule has 1 aromatic carbocycles. The summed E-state index contributed by atoms with van der Waals surface area (Å²) in [6.45, 7) is 3.69. The maximum atomic E-state index is 12.1. The van der Waals surface area contributed by atoms with Crippen LogP contribution < -0.4 is 10.6 Å². The fourth-order valence-electron chi connectivity index (χ4n) is 2.38. The maximum absolute atomic E-state index is 12.1. The predicted octanol–water partition coefficient (Wildman–Crippen LogP) is 2.67. The number of nitrogens with zero attached hydrogens (tertiary/aromatic N) is 1. The third kappa shape index (κ3) is 2.89. The third-order valence-electron chi connectivity index (χ3n) is 3.48. The molecule has 1 unspecified atom stereocenters. The van der Waals surface area contributed by atoms with Gasteiger partial charge in [0.2, 0.25) is 5.91 Å². The van der Waals surface area contributed by atoms with E-state index in [0.29, 0.717) is 0 Å². The van der Waals surface area contributed by atoms with Crippen LogP contribution in [-0.4, -0.2) is 24.0 Å². The van der Waals surface area contributed by atoms with Crippen LogP contribution in [0.4, 0.5) is 5.69 Å². The van der Waals surface area contributed by atoms with Gasteiger partial charge in [0.1, 0.15) is 0 Å². The first-order valence-corrected chi connectivity index (χ1v) is 7.64. The molecule has 104 valence electrons. The monoisotopic (exact) mass is 287 g/mol. The molecule has 0 radical (unpaired) electrons. The number of anilines is 1. The molecule has 2 N–H and O–H groups in total. The number of amides is 1. The van der Waals surface area contributed by atoms with Gasteiger partial charge in [-0.2, -0.15) is 0 Å². The van der Waals surface area contributed by atoms with Crippen LogP contribution in [0, 0.1) is 12.8 Å². The van der Waals surface area contributed by atoms with E-state index in [-0.39, 0.29) is 11.8 Å². The number of benzene rings is 1. The van der Waals surface area contributed by atoms with Crippen molar-refractivity contribution in [3.63, 3.8) is 0 Å². The van der Waals surface area contributed by atoms with Crippen molar-refractivity contribution in [1.29, 1.82) is 0 Å². The van der Waals surface area contributed by atoms with Crippen LogP contribution >= 0.6 is 11.3 Å². The van der Waals surface area contributed by atoms with Crippen LogP contribution in [0.1, 0.15) is 11.4 Å². The first kappa shape index (κ1) is 13.3. The highest BCUT2D eigenvalue weighted by Gasteiger charge is 2.22. The lowest BCUT2D eigenvalue weighted by Gasteiger charge is -2.10. The van der Waals surface area contributed by atoms with Crippen molar-refractivity contribution in [2.24, 2.45) is 5.92 Å². The number of rotatable bonds is 3. The highest BCUT2D eigenvalue weighted by Crippen LogP contribution is 2.24. The normalized spacial score (nSPS) is 18.1. The summed E-state index contributed by atoms with van der Waals surface area (Å²) >= 11 is 1.63. The Kier molecular flexibility index (Phi) is 3.80. The number of nitrogens with one attached hydrogen (secondary N) is 2. The van der Waals surface area contributed by atoms with Crippen LogP contribution in [0.3, 0.4) is 0 Å². The Morgan fingerprint density at radius 2 is 2.40 bits per heavy atom. The number of carbonyl (C=O) groups excluding carboxylic acids is 1. The summed E-state index contributed by atoms with van der Waals surface area (Å²) in [5, 5.41) is 9.29. The molecular weight excluding hydrogens is 270 g/mol. The Hall–Kier alpha value is -1.72. The average molecular weight is 287 g/mol. The van der Waals surface area contributed by atoms with E-state index in [9.17, 15) is 4.79 Å². The van der Waals surface area contributed by atoms with Crippen molar-refractivity contribution in [2.75, 3.05) is 18.4 Å². The zero-order chi connectivity index (χ0) is 13.9. The highest BCUT2D eigenvalue weighted by molar-refractivity contribution is 7.09. The van der Waals surface area contributed by atoms with Crippen molar-refractivity contribution in [3.05, 3.63) is 34.7 Å². The van der Waals surface area contributed by atoms with E-state index in [2.05, 4.69) is 15.6 Å². The second-order valence-corrected chi connectivity index (χ2v) is 6.07. The lowest BCUT2D eigenvalue weighted by Crippen LogP contribution is -2.24. The molecule has 4 nitrogen and oxygen atoms in total. The van der Waals surface area contributed by atoms with E-state index >= 15 is 0 Å². The average Bonchev–Trinajstić information content (AvgIpc) is 3.10. The molecule has 2 heterocycles. The molecule has 1 saturated heterocycles. The van der Waals surface area contributed by atoms with Gasteiger partial charge in [-0.05, 0) is 32.0 Å². The molecule has 0 saturated carbocycles. The van der Waals surface area contributed by atoms with Crippen molar-refractivity contribution in [1.82, 2.24) is 10.3 Å². The van der Waals surface area contributed by atoms with E-state index in [1.165, 1.54) is 0 Å². The summed E-state index contributed by atoms with van der Waals surface area (Å²) in [5.74, 6) is 0.182. The molecule has 1 amide bonds. The summed E-state index contributed by atoms with van der Waals surface area (Å²) in [7, 11) is 0. The minimum Gasteiger partial charge on any atom is -0.326 e. The molecule has 0 aliphatic carbocycles. The van der Waals surface area contributed by atoms with E-state index in [1.807, 2.05) is 36.6 Å². The van der Waals surface area contributed by atoms with Crippen molar-refractivity contribution >= 4 is 22.9 Å². The largest absolute Gasteiger partial charge is 0.326 e. The number of aromatic nitrogens is 1. The zero-order valence-electron chi connectivity index (χ0n) is 11.3. The lowest BCUT2D eigenvalue weighted by molar-refractivity contribution is -0.119. The van der Waals surface area contributed by atoms with Crippen LogP contribution in [0.5, 0.6) is 0 Å². The van der Waals surface area contributed by atoms with Gasteiger partial charge in [0.05, 0.1) is 16.6 Å². The first-order chi connectivity index (χ1) is 9.72. The number of thiazole rings is 1. The summed E-state index contributed by atoms with van der Waals surface area (Å²) in [6, 6.07) is 7.87. The van der Waals surface area contributed by atoms with Crippen LogP contribution in [0.2, 0.25) is 0 Å². The molecule has 1 aromatic heterocycles. The van der Waals surface area contributed by atoms with Gasteiger partial charge in [-0.3, -0.25) is 4.79 Å². The van der Waals surface area contributed by atoms with E-state index in [4.69, 9.17) is 0 Å². The molecule has 2 aromatic rings. The summed E-state index contributed by atoms with van der Waals surface area (Å²) in [5.41, 5.74) is 2.84. The Morgan fingerprint density at radius 1 is 1.50 bits per heavy atom. The molecule has 3 rings (SSSR count). The highest BCUT2D eigenvalue weighted by atomic mass is 32.1. The van der Waals surface area contributed by atoms with Gasteiger partial charge < -0.3 is 10.6 Å². The molecular formula is C15H17N3OS. The number of carbonyl (C=O) groups is 1. The van der Waals surface area contributed by atoms with E-state index in [1.54, 1.807) is 11.3 Å².